The Hall–Kier alpha value is -1.18. The standard InChI is InChI=1S/C16H17Cl2N/c1-3-12-4-6-13(7-5-12)11(2)19-14-8-9-15(17)16(18)10-14/h4-11,19H,3H2,1-2H3. The minimum Gasteiger partial charge on any atom is -0.378 e. The Morgan fingerprint density at radius 3 is 2.26 bits per heavy atom. The van der Waals surface area contributed by atoms with Crippen LogP contribution in [-0.4, -0.2) is 0 Å². The van der Waals surface area contributed by atoms with Crippen LogP contribution in [0.3, 0.4) is 0 Å². The molecule has 0 saturated carbocycles. The molecule has 1 nitrogen and oxygen atoms in total. The van der Waals surface area contributed by atoms with Gasteiger partial charge >= 0.3 is 0 Å². The van der Waals surface area contributed by atoms with Gasteiger partial charge in [-0.25, -0.2) is 0 Å². The quantitative estimate of drug-likeness (QED) is 0.759. The van der Waals surface area contributed by atoms with E-state index in [1.165, 1.54) is 11.1 Å². The van der Waals surface area contributed by atoms with Crippen molar-refractivity contribution in [3.05, 3.63) is 63.6 Å². The lowest BCUT2D eigenvalue weighted by molar-refractivity contribution is 0.883. The first-order valence-corrected chi connectivity index (χ1v) is 7.16. The molecular formula is C16H17Cl2N. The fourth-order valence-corrected chi connectivity index (χ4v) is 2.26. The molecule has 3 heteroatoms. The lowest BCUT2D eigenvalue weighted by atomic mass is 10.0. The molecule has 0 heterocycles. The minimum absolute atomic E-state index is 0.225. The van der Waals surface area contributed by atoms with Gasteiger partial charge in [-0.15, -0.1) is 0 Å². The number of rotatable bonds is 4. The predicted octanol–water partition coefficient (Wildman–Crippen LogP) is 5.73. The van der Waals surface area contributed by atoms with Crippen LogP contribution in [0.2, 0.25) is 10.0 Å². The molecule has 100 valence electrons. The lowest BCUT2D eigenvalue weighted by Crippen LogP contribution is -2.06. The zero-order chi connectivity index (χ0) is 13.8. The molecular weight excluding hydrogens is 277 g/mol. The van der Waals surface area contributed by atoms with E-state index in [-0.39, 0.29) is 6.04 Å². The summed E-state index contributed by atoms with van der Waals surface area (Å²) in [6.07, 6.45) is 1.06. The highest BCUT2D eigenvalue weighted by atomic mass is 35.5. The Balaban J connectivity index is 2.10. The molecule has 1 N–H and O–H groups in total. The van der Waals surface area contributed by atoms with Gasteiger partial charge in [-0.1, -0.05) is 54.4 Å². The number of nitrogens with one attached hydrogen (secondary N) is 1. The molecule has 19 heavy (non-hydrogen) atoms. The second-order valence-electron chi connectivity index (χ2n) is 4.59. The van der Waals surface area contributed by atoms with Crippen molar-refractivity contribution in [2.45, 2.75) is 26.3 Å². The van der Waals surface area contributed by atoms with E-state index in [1.54, 1.807) is 6.07 Å². The average molecular weight is 294 g/mol. The van der Waals surface area contributed by atoms with Gasteiger partial charge in [0.15, 0.2) is 0 Å². The fraction of sp³-hybridized carbons (Fsp3) is 0.250. The van der Waals surface area contributed by atoms with Crippen molar-refractivity contribution in [2.75, 3.05) is 5.32 Å². The first-order chi connectivity index (χ1) is 9.10. The number of anilines is 1. The third-order valence-electron chi connectivity index (χ3n) is 3.19. The van der Waals surface area contributed by atoms with Crippen molar-refractivity contribution < 1.29 is 0 Å². The Labute approximate surface area is 124 Å². The molecule has 0 aliphatic carbocycles. The van der Waals surface area contributed by atoms with E-state index in [1.807, 2.05) is 12.1 Å². The van der Waals surface area contributed by atoms with Gasteiger partial charge in [-0.3, -0.25) is 0 Å². The van der Waals surface area contributed by atoms with Gasteiger partial charge in [0.2, 0.25) is 0 Å². The summed E-state index contributed by atoms with van der Waals surface area (Å²) in [5, 5.41) is 4.57. The van der Waals surface area contributed by atoms with E-state index in [0.717, 1.165) is 12.1 Å². The third-order valence-corrected chi connectivity index (χ3v) is 3.93. The Morgan fingerprint density at radius 2 is 1.68 bits per heavy atom. The van der Waals surface area contributed by atoms with E-state index >= 15 is 0 Å². The molecule has 0 bridgehead atoms. The van der Waals surface area contributed by atoms with Gasteiger partial charge in [0.1, 0.15) is 0 Å². The van der Waals surface area contributed by atoms with Crippen molar-refractivity contribution in [3.63, 3.8) is 0 Å². The summed E-state index contributed by atoms with van der Waals surface area (Å²) in [5.41, 5.74) is 3.58. The van der Waals surface area contributed by atoms with Crippen molar-refractivity contribution >= 4 is 28.9 Å². The minimum atomic E-state index is 0.225. The zero-order valence-corrected chi connectivity index (χ0v) is 12.6. The van der Waals surface area contributed by atoms with Crippen molar-refractivity contribution in [2.24, 2.45) is 0 Å². The molecule has 2 aromatic carbocycles. The van der Waals surface area contributed by atoms with Crippen molar-refractivity contribution in [1.29, 1.82) is 0 Å². The Bertz CT molecular complexity index is 549. The van der Waals surface area contributed by atoms with E-state index < -0.39 is 0 Å². The molecule has 0 fully saturated rings. The van der Waals surface area contributed by atoms with Gasteiger partial charge in [0, 0.05) is 11.7 Å². The van der Waals surface area contributed by atoms with Crippen LogP contribution in [0.1, 0.15) is 31.0 Å². The number of hydrogen-bond acceptors (Lipinski definition) is 1. The van der Waals surface area contributed by atoms with Crippen LogP contribution < -0.4 is 5.32 Å². The fourth-order valence-electron chi connectivity index (χ4n) is 1.96. The normalized spacial score (nSPS) is 12.2. The summed E-state index contributed by atoms with van der Waals surface area (Å²) in [5.74, 6) is 0. The molecule has 1 atom stereocenters. The van der Waals surface area contributed by atoms with Crippen LogP contribution in [0, 0.1) is 0 Å². The van der Waals surface area contributed by atoms with E-state index in [9.17, 15) is 0 Å². The Morgan fingerprint density at radius 1 is 1.00 bits per heavy atom. The molecule has 0 amide bonds. The maximum absolute atomic E-state index is 6.01. The first kappa shape index (κ1) is 14.2. The number of hydrogen-bond donors (Lipinski definition) is 1. The summed E-state index contributed by atoms with van der Waals surface area (Å²) in [4.78, 5) is 0. The smallest absolute Gasteiger partial charge is 0.0612 e. The second kappa shape index (κ2) is 6.31. The van der Waals surface area contributed by atoms with E-state index in [2.05, 4.69) is 43.4 Å². The highest BCUT2D eigenvalue weighted by Gasteiger charge is 2.06. The van der Waals surface area contributed by atoms with Gasteiger partial charge in [-0.05, 0) is 42.7 Å². The molecule has 0 spiro atoms. The molecule has 2 rings (SSSR count). The summed E-state index contributed by atoms with van der Waals surface area (Å²) in [6.45, 7) is 4.29. The van der Waals surface area contributed by atoms with Gasteiger partial charge in [-0.2, -0.15) is 0 Å². The topological polar surface area (TPSA) is 12.0 Å². The molecule has 1 unspecified atom stereocenters. The van der Waals surface area contributed by atoms with Gasteiger partial charge in [0.05, 0.1) is 10.0 Å². The summed E-state index contributed by atoms with van der Waals surface area (Å²) in [7, 11) is 0. The largest absolute Gasteiger partial charge is 0.378 e. The number of benzene rings is 2. The Kier molecular flexibility index (Phi) is 4.73. The van der Waals surface area contributed by atoms with Crippen LogP contribution in [0.4, 0.5) is 5.69 Å². The van der Waals surface area contributed by atoms with Crippen LogP contribution in [0.15, 0.2) is 42.5 Å². The molecule has 0 aliphatic rings. The predicted molar refractivity (Wildman–Crippen MR) is 84.3 cm³/mol. The molecule has 0 radical (unpaired) electrons. The molecule has 0 aliphatic heterocycles. The van der Waals surface area contributed by atoms with Crippen LogP contribution in [-0.2, 0) is 6.42 Å². The average Bonchev–Trinajstić information content (AvgIpc) is 2.43. The maximum atomic E-state index is 6.01. The molecule has 2 aromatic rings. The van der Waals surface area contributed by atoms with Crippen LogP contribution >= 0.6 is 23.2 Å². The van der Waals surface area contributed by atoms with Gasteiger partial charge < -0.3 is 5.32 Å². The van der Waals surface area contributed by atoms with Crippen LogP contribution in [0.5, 0.6) is 0 Å². The van der Waals surface area contributed by atoms with Crippen molar-refractivity contribution in [1.82, 2.24) is 0 Å². The summed E-state index contributed by atoms with van der Waals surface area (Å²) in [6, 6.07) is 14.5. The third kappa shape index (κ3) is 3.65. The summed E-state index contributed by atoms with van der Waals surface area (Å²) >= 11 is 11.9. The maximum Gasteiger partial charge on any atom is 0.0612 e. The SMILES string of the molecule is CCc1ccc(C(C)Nc2ccc(Cl)c(Cl)c2)cc1. The molecule has 0 aromatic heterocycles. The second-order valence-corrected chi connectivity index (χ2v) is 5.40. The van der Waals surface area contributed by atoms with Crippen LogP contribution in [0.25, 0.3) is 0 Å². The molecule has 0 saturated heterocycles. The highest BCUT2D eigenvalue weighted by Crippen LogP contribution is 2.27. The van der Waals surface area contributed by atoms with Crippen molar-refractivity contribution in [3.8, 4) is 0 Å². The number of aryl methyl sites for hydroxylation is 1. The lowest BCUT2D eigenvalue weighted by Gasteiger charge is -2.16. The highest BCUT2D eigenvalue weighted by molar-refractivity contribution is 6.42. The van der Waals surface area contributed by atoms with E-state index in [4.69, 9.17) is 23.2 Å². The zero-order valence-electron chi connectivity index (χ0n) is 11.1. The summed E-state index contributed by atoms with van der Waals surface area (Å²) < 4.78 is 0. The number of halogens is 2. The first-order valence-electron chi connectivity index (χ1n) is 6.40. The van der Waals surface area contributed by atoms with E-state index in [0.29, 0.717) is 10.0 Å². The van der Waals surface area contributed by atoms with Gasteiger partial charge in [0.25, 0.3) is 0 Å². The monoisotopic (exact) mass is 293 g/mol.